The van der Waals surface area contributed by atoms with E-state index in [1.165, 1.54) is 23.4 Å². The summed E-state index contributed by atoms with van der Waals surface area (Å²) in [5.41, 5.74) is 1.84. The van der Waals surface area contributed by atoms with Crippen molar-refractivity contribution in [3.8, 4) is 17.1 Å². The van der Waals surface area contributed by atoms with Gasteiger partial charge < -0.3 is 4.57 Å². The molecule has 0 fully saturated rings. The van der Waals surface area contributed by atoms with Gasteiger partial charge >= 0.3 is 5.69 Å². The number of aryl methyl sites for hydroxylation is 2. The maximum absolute atomic E-state index is 12.7. The van der Waals surface area contributed by atoms with Crippen LogP contribution < -0.4 is 11.2 Å². The number of halogens is 1. The van der Waals surface area contributed by atoms with Crippen LogP contribution in [-0.2, 0) is 20.6 Å². The van der Waals surface area contributed by atoms with Crippen LogP contribution in [0.25, 0.3) is 28.2 Å². The SMILES string of the molecule is Cn1c(=O)c2c(ncn2CCSc2nnc(-c3ccccc3)n2-c2ccc(Cl)cc2)n(C)c1=O. The lowest BCUT2D eigenvalue weighted by molar-refractivity contribution is 0.700. The lowest BCUT2D eigenvalue weighted by Crippen LogP contribution is -2.37. The molecular weight excluding hydrogens is 474 g/mol. The van der Waals surface area contributed by atoms with Crippen molar-refractivity contribution in [2.75, 3.05) is 5.75 Å². The van der Waals surface area contributed by atoms with Crippen LogP contribution in [0.5, 0.6) is 0 Å². The van der Waals surface area contributed by atoms with Crippen LogP contribution in [0, 0.1) is 0 Å². The molecular formula is C23H20ClN7O2S. The van der Waals surface area contributed by atoms with Gasteiger partial charge in [-0.05, 0) is 24.3 Å². The largest absolute Gasteiger partial charge is 0.332 e. The molecule has 0 atom stereocenters. The van der Waals surface area contributed by atoms with E-state index < -0.39 is 5.69 Å². The fraction of sp³-hybridized carbons (Fsp3) is 0.174. The standard InChI is InChI=1S/C23H20ClN7O2S/c1-28-20-18(21(32)29(2)23(28)33)30(14-25-20)12-13-34-22-27-26-19(15-6-4-3-5-7-15)31(22)17-10-8-16(24)9-11-17/h3-11,14H,12-13H2,1-2H3. The van der Waals surface area contributed by atoms with Crippen LogP contribution in [0.4, 0.5) is 0 Å². The van der Waals surface area contributed by atoms with Gasteiger partial charge in [-0.25, -0.2) is 9.78 Å². The van der Waals surface area contributed by atoms with Gasteiger partial charge in [-0.15, -0.1) is 10.2 Å². The summed E-state index contributed by atoms with van der Waals surface area (Å²) in [5, 5.41) is 10.2. The number of hydrogen-bond acceptors (Lipinski definition) is 6. The molecule has 2 aromatic carbocycles. The Labute approximate surface area is 203 Å². The van der Waals surface area contributed by atoms with Crippen molar-refractivity contribution in [1.82, 2.24) is 33.4 Å². The summed E-state index contributed by atoms with van der Waals surface area (Å²) in [7, 11) is 3.08. The number of fused-ring (bicyclic) bond motifs is 1. The second-order valence-corrected chi connectivity index (χ2v) is 9.15. The quantitative estimate of drug-likeness (QED) is 0.337. The molecule has 0 saturated carbocycles. The lowest BCUT2D eigenvalue weighted by atomic mass is 10.2. The van der Waals surface area contributed by atoms with Crippen LogP contribution >= 0.6 is 23.4 Å². The summed E-state index contributed by atoms with van der Waals surface area (Å²) in [4.78, 5) is 29.1. The van der Waals surface area contributed by atoms with Crippen molar-refractivity contribution >= 4 is 34.5 Å². The van der Waals surface area contributed by atoms with Crippen LogP contribution in [0.2, 0.25) is 5.02 Å². The Balaban J connectivity index is 1.47. The molecule has 0 radical (unpaired) electrons. The summed E-state index contributed by atoms with van der Waals surface area (Å²) < 4.78 is 6.23. The molecule has 0 aliphatic heterocycles. The number of imidazole rings is 1. The lowest BCUT2D eigenvalue weighted by Gasteiger charge is -2.11. The third kappa shape index (κ3) is 3.84. The first kappa shape index (κ1) is 22.2. The smallest absolute Gasteiger partial charge is 0.324 e. The van der Waals surface area contributed by atoms with Crippen LogP contribution in [0.15, 0.2) is 75.7 Å². The maximum atomic E-state index is 12.7. The highest BCUT2D eigenvalue weighted by Crippen LogP contribution is 2.28. The highest BCUT2D eigenvalue weighted by atomic mass is 35.5. The van der Waals surface area contributed by atoms with Gasteiger partial charge in [0.25, 0.3) is 5.56 Å². The fourth-order valence-electron chi connectivity index (χ4n) is 3.76. The minimum absolute atomic E-state index is 0.365. The van der Waals surface area contributed by atoms with E-state index in [0.29, 0.717) is 33.6 Å². The van der Waals surface area contributed by atoms with Crippen LogP contribution in [-0.4, -0.2) is 39.2 Å². The van der Waals surface area contributed by atoms with Crippen molar-refractivity contribution in [3.63, 3.8) is 0 Å². The van der Waals surface area contributed by atoms with Gasteiger partial charge in [-0.3, -0.25) is 18.5 Å². The first-order chi connectivity index (χ1) is 16.5. The van der Waals surface area contributed by atoms with Crippen molar-refractivity contribution in [2.24, 2.45) is 14.1 Å². The van der Waals surface area contributed by atoms with Gasteiger partial charge in [0.1, 0.15) is 0 Å². The normalized spacial score (nSPS) is 11.4. The Hall–Kier alpha value is -3.63. The second kappa shape index (κ2) is 8.96. The van der Waals surface area contributed by atoms with Crippen LogP contribution in [0.1, 0.15) is 0 Å². The molecule has 5 aromatic rings. The number of rotatable bonds is 6. The van der Waals surface area contributed by atoms with E-state index in [0.717, 1.165) is 21.6 Å². The Morgan fingerprint density at radius 1 is 0.941 bits per heavy atom. The van der Waals surface area contributed by atoms with Gasteiger partial charge in [-0.2, -0.15) is 0 Å². The van der Waals surface area contributed by atoms with E-state index in [4.69, 9.17) is 11.6 Å². The van der Waals surface area contributed by atoms with Gasteiger partial charge in [0, 0.05) is 42.7 Å². The Bertz CT molecular complexity index is 1600. The Kier molecular flexibility index (Phi) is 5.84. The molecule has 9 nitrogen and oxygen atoms in total. The Morgan fingerprint density at radius 3 is 2.41 bits per heavy atom. The van der Waals surface area contributed by atoms with E-state index >= 15 is 0 Å². The number of benzene rings is 2. The molecule has 5 rings (SSSR count). The molecule has 0 unspecified atom stereocenters. The van der Waals surface area contributed by atoms with E-state index in [1.54, 1.807) is 17.9 Å². The summed E-state index contributed by atoms with van der Waals surface area (Å²) in [5.74, 6) is 1.33. The summed E-state index contributed by atoms with van der Waals surface area (Å²) >= 11 is 7.62. The molecule has 0 N–H and O–H groups in total. The van der Waals surface area contributed by atoms with Crippen molar-refractivity contribution in [2.45, 2.75) is 11.7 Å². The zero-order chi connectivity index (χ0) is 23.8. The Morgan fingerprint density at radius 2 is 1.68 bits per heavy atom. The number of aromatic nitrogens is 7. The zero-order valence-electron chi connectivity index (χ0n) is 18.4. The molecule has 3 aromatic heterocycles. The average molecular weight is 494 g/mol. The summed E-state index contributed by atoms with van der Waals surface area (Å²) in [6.07, 6.45) is 1.59. The van der Waals surface area contributed by atoms with Crippen LogP contribution in [0.3, 0.4) is 0 Å². The molecule has 0 amide bonds. The van der Waals surface area contributed by atoms with Gasteiger partial charge in [0.05, 0.1) is 6.33 Å². The molecule has 0 bridgehead atoms. The molecule has 0 aliphatic carbocycles. The molecule has 34 heavy (non-hydrogen) atoms. The maximum Gasteiger partial charge on any atom is 0.332 e. The molecule has 0 aliphatic rings. The third-order valence-electron chi connectivity index (χ3n) is 5.53. The molecule has 0 saturated heterocycles. The fourth-order valence-corrected chi connectivity index (χ4v) is 4.78. The predicted octanol–water partition coefficient (Wildman–Crippen LogP) is 3.13. The van der Waals surface area contributed by atoms with Crippen molar-refractivity contribution < 1.29 is 0 Å². The van der Waals surface area contributed by atoms with E-state index in [1.807, 2.05) is 59.2 Å². The van der Waals surface area contributed by atoms with Crippen molar-refractivity contribution in [3.05, 3.63) is 86.8 Å². The van der Waals surface area contributed by atoms with Gasteiger partial charge in [0.15, 0.2) is 22.1 Å². The van der Waals surface area contributed by atoms with Gasteiger partial charge in [-0.1, -0.05) is 53.7 Å². The highest BCUT2D eigenvalue weighted by Gasteiger charge is 2.17. The van der Waals surface area contributed by atoms with Crippen molar-refractivity contribution in [1.29, 1.82) is 0 Å². The zero-order valence-corrected chi connectivity index (χ0v) is 20.0. The molecule has 3 heterocycles. The minimum atomic E-state index is -0.401. The van der Waals surface area contributed by atoms with E-state index in [-0.39, 0.29) is 5.56 Å². The second-order valence-electron chi connectivity index (χ2n) is 7.65. The third-order valence-corrected chi connectivity index (χ3v) is 6.69. The first-order valence-corrected chi connectivity index (χ1v) is 11.8. The number of thioether (sulfide) groups is 1. The average Bonchev–Trinajstić information content (AvgIpc) is 3.47. The number of hydrogen-bond donors (Lipinski definition) is 0. The molecule has 0 spiro atoms. The number of nitrogens with zero attached hydrogens (tertiary/aromatic N) is 7. The molecule has 11 heteroatoms. The summed E-state index contributed by atoms with van der Waals surface area (Å²) in [6, 6.07) is 17.4. The predicted molar refractivity (Wildman–Crippen MR) is 133 cm³/mol. The molecule has 172 valence electrons. The first-order valence-electron chi connectivity index (χ1n) is 10.5. The topological polar surface area (TPSA) is 92.5 Å². The highest BCUT2D eigenvalue weighted by molar-refractivity contribution is 7.99. The van der Waals surface area contributed by atoms with E-state index in [2.05, 4.69) is 15.2 Å². The van der Waals surface area contributed by atoms with E-state index in [9.17, 15) is 9.59 Å². The minimum Gasteiger partial charge on any atom is -0.324 e. The van der Waals surface area contributed by atoms with Gasteiger partial charge in [0.2, 0.25) is 0 Å². The summed E-state index contributed by atoms with van der Waals surface area (Å²) in [6.45, 7) is 0.503. The monoisotopic (exact) mass is 493 g/mol.